The second-order valence-electron chi connectivity index (χ2n) is 5.45. The van der Waals surface area contributed by atoms with Gasteiger partial charge in [0, 0.05) is 19.0 Å². The van der Waals surface area contributed by atoms with Gasteiger partial charge in [0.1, 0.15) is 0 Å². The first-order chi connectivity index (χ1) is 8.61. The Kier molecular flexibility index (Phi) is 4.12. The molecule has 1 aliphatic rings. The molecule has 0 radical (unpaired) electrons. The molecule has 2 rings (SSSR count). The largest absolute Gasteiger partial charge is 0.504 e. The Balaban J connectivity index is 2.06. The molecule has 100 valence electrons. The number of unbranched alkanes of at least 4 members (excludes halogenated alkanes) is 1. The summed E-state index contributed by atoms with van der Waals surface area (Å²) in [7, 11) is 0. The van der Waals surface area contributed by atoms with Crippen molar-refractivity contribution in [1.82, 2.24) is 4.90 Å². The van der Waals surface area contributed by atoms with E-state index in [0.29, 0.717) is 11.8 Å². The highest BCUT2D eigenvalue weighted by molar-refractivity contribution is 5.42. The summed E-state index contributed by atoms with van der Waals surface area (Å²) in [6, 6.07) is 5.23. The van der Waals surface area contributed by atoms with Crippen LogP contribution >= 0.6 is 0 Å². The molecule has 3 heteroatoms. The van der Waals surface area contributed by atoms with E-state index in [1.165, 1.54) is 19.4 Å². The summed E-state index contributed by atoms with van der Waals surface area (Å²) in [5.41, 5.74) is 1.14. The number of rotatable bonds is 4. The lowest BCUT2D eigenvalue weighted by Crippen LogP contribution is -2.21. The van der Waals surface area contributed by atoms with Gasteiger partial charge in [-0.25, -0.2) is 0 Å². The fourth-order valence-electron chi connectivity index (χ4n) is 2.84. The molecular weight excluding hydrogens is 226 g/mol. The Morgan fingerprint density at radius 3 is 2.67 bits per heavy atom. The summed E-state index contributed by atoms with van der Waals surface area (Å²) in [5, 5.41) is 19.0. The van der Waals surface area contributed by atoms with E-state index in [1.807, 2.05) is 6.07 Å². The number of benzene rings is 1. The van der Waals surface area contributed by atoms with E-state index in [0.717, 1.165) is 18.7 Å². The van der Waals surface area contributed by atoms with Gasteiger partial charge in [0.05, 0.1) is 0 Å². The minimum absolute atomic E-state index is 0.00768. The van der Waals surface area contributed by atoms with Crippen LogP contribution in [0.15, 0.2) is 18.2 Å². The standard InChI is InChI=1S/C15H23NO2/c1-3-4-7-16-9-11(2)13(10-16)12-5-6-14(17)15(18)8-12/h5-6,8,11,13,17-18H,3-4,7,9-10H2,1-2H3/t11-,13+/m1/s1. The minimum Gasteiger partial charge on any atom is -0.504 e. The second kappa shape index (κ2) is 5.61. The third-order valence-corrected chi connectivity index (χ3v) is 3.94. The average Bonchev–Trinajstić information content (AvgIpc) is 2.71. The molecule has 1 aromatic carbocycles. The van der Waals surface area contributed by atoms with Crippen molar-refractivity contribution in [2.24, 2.45) is 5.92 Å². The zero-order valence-corrected chi connectivity index (χ0v) is 11.3. The molecular formula is C15H23NO2. The van der Waals surface area contributed by atoms with Gasteiger partial charge < -0.3 is 15.1 Å². The van der Waals surface area contributed by atoms with E-state index >= 15 is 0 Å². The van der Waals surface area contributed by atoms with Crippen LogP contribution in [0.4, 0.5) is 0 Å². The molecule has 0 aliphatic carbocycles. The van der Waals surface area contributed by atoms with Crippen molar-refractivity contribution in [3.63, 3.8) is 0 Å². The van der Waals surface area contributed by atoms with Crippen molar-refractivity contribution >= 4 is 0 Å². The lowest BCUT2D eigenvalue weighted by Gasteiger charge is -2.16. The number of phenolic OH excluding ortho intramolecular Hbond substituents is 2. The zero-order chi connectivity index (χ0) is 13.1. The average molecular weight is 249 g/mol. The summed E-state index contributed by atoms with van der Waals surface area (Å²) in [6.45, 7) is 7.84. The van der Waals surface area contributed by atoms with Gasteiger partial charge in [0.25, 0.3) is 0 Å². The van der Waals surface area contributed by atoms with E-state index in [-0.39, 0.29) is 11.5 Å². The SMILES string of the molecule is CCCCN1C[C@@H](C)[C@@H](c2ccc(O)c(O)c2)C1. The van der Waals surface area contributed by atoms with Gasteiger partial charge in [0.15, 0.2) is 11.5 Å². The van der Waals surface area contributed by atoms with Crippen LogP contribution in [0.2, 0.25) is 0 Å². The van der Waals surface area contributed by atoms with E-state index in [1.54, 1.807) is 12.1 Å². The van der Waals surface area contributed by atoms with Gasteiger partial charge in [0.2, 0.25) is 0 Å². The summed E-state index contributed by atoms with van der Waals surface area (Å²) in [5.74, 6) is 1.03. The topological polar surface area (TPSA) is 43.7 Å². The number of nitrogens with zero attached hydrogens (tertiary/aromatic N) is 1. The fourth-order valence-corrected chi connectivity index (χ4v) is 2.84. The number of hydrogen-bond acceptors (Lipinski definition) is 3. The molecule has 0 saturated carbocycles. The van der Waals surface area contributed by atoms with Crippen LogP contribution in [0.25, 0.3) is 0 Å². The maximum absolute atomic E-state index is 9.59. The van der Waals surface area contributed by atoms with Crippen LogP contribution in [0, 0.1) is 5.92 Å². The quantitative estimate of drug-likeness (QED) is 0.806. The highest BCUT2D eigenvalue weighted by Crippen LogP contribution is 2.36. The van der Waals surface area contributed by atoms with Gasteiger partial charge in [-0.05, 0) is 36.6 Å². The predicted octanol–water partition coefficient (Wildman–Crippen LogP) is 2.93. The van der Waals surface area contributed by atoms with Crippen LogP contribution in [-0.2, 0) is 0 Å². The Morgan fingerprint density at radius 2 is 2.00 bits per heavy atom. The second-order valence-corrected chi connectivity index (χ2v) is 5.45. The Morgan fingerprint density at radius 1 is 1.22 bits per heavy atom. The normalized spacial score (nSPS) is 24.6. The lowest BCUT2D eigenvalue weighted by atomic mass is 9.90. The Bertz CT molecular complexity index is 405. The maximum atomic E-state index is 9.59. The number of hydrogen-bond donors (Lipinski definition) is 2. The molecule has 18 heavy (non-hydrogen) atoms. The van der Waals surface area contributed by atoms with E-state index in [4.69, 9.17) is 0 Å². The van der Waals surface area contributed by atoms with E-state index in [9.17, 15) is 10.2 Å². The van der Waals surface area contributed by atoms with Crippen molar-refractivity contribution < 1.29 is 10.2 Å². The third kappa shape index (κ3) is 2.78. The van der Waals surface area contributed by atoms with Gasteiger partial charge in [-0.1, -0.05) is 26.3 Å². The summed E-state index contributed by atoms with van der Waals surface area (Å²) < 4.78 is 0. The van der Waals surface area contributed by atoms with Crippen molar-refractivity contribution in [2.75, 3.05) is 19.6 Å². The zero-order valence-electron chi connectivity index (χ0n) is 11.3. The molecule has 1 saturated heterocycles. The first-order valence-corrected chi connectivity index (χ1v) is 6.86. The van der Waals surface area contributed by atoms with Crippen LogP contribution in [0.5, 0.6) is 11.5 Å². The first kappa shape index (κ1) is 13.2. The van der Waals surface area contributed by atoms with Gasteiger partial charge in [-0.3, -0.25) is 0 Å². The maximum Gasteiger partial charge on any atom is 0.157 e. The van der Waals surface area contributed by atoms with Crippen molar-refractivity contribution in [2.45, 2.75) is 32.6 Å². The molecule has 2 atom stereocenters. The third-order valence-electron chi connectivity index (χ3n) is 3.94. The predicted molar refractivity (Wildman–Crippen MR) is 73.0 cm³/mol. The highest BCUT2D eigenvalue weighted by Gasteiger charge is 2.30. The van der Waals surface area contributed by atoms with Crippen molar-refractivity contribution in [3.05, 3.63) is 23.8 Å². The molecule has 1 aliphatic heterocycles. The summed E-state index contributed by atoms with van der Waals surface area (Å²) in [6.07, 6.45) is 2.48. The fraction of sp³-hybridized carbons (Fsp3) is 0.600. The Hall–Kier alpha value is -1.22. The lowest BCUT2D eigenvalue weighted by molar-refractivity contribution is 0.320. The highest BCUT2D eigenvalue weighted by atomic mass is 16.3. The molecule has 0 unspecified atom stereocenters. The minimum atomic E-state index is -0.0350. The van der Waals surface area contributed by atoms with E-state index in [2.05, 4.69) is 18.7 Å². The van der Waals surface area contributed by atoms with Crippen LogP contribution in [-0.4, -0.2) is 34.7 Å². The Labute approximate surface area is 109 Å². The molecule has 0 aromatic heterocycles. The van der Waals surface area contributed by atoms with E-state index < -0.39 is 0 Å². The van der Waals surface area contributed by atoms with Gasteiger partial charge >= 0.3 is 0 Å². The van der Waals surface area contributed by atoms with Crippen molar-refractivity contribution in [3.8, 4) is 11.5 Å². The van der Waals surface area contributed by atoms with Crippen LogP contribution < -0.4 is 0 Å². The smallest absolute Gasteiger partial charge is 0.157 e. The molecule has 0 bridgehead atoms. The molecule has 1 heterocycles. The molecule has 1 aromatic rings. The monoisotopic (exact) mass is 249 g/mol. The first-order valence-electron chi connectivity index (χ1n) is 6.86. The molecule has 0 amide bonds. The van der Waals surface area contributed by atoms with Gasteiger partial charge in [-0.15, -0.1) is 0 Å². The molecule has 1 fully saturated rings. The molecule has 0 spiro atoms. The molecule has 2 N–H and O–H groups in total. The van der Waals surface area contributed by atoms with Crippen molar-refractivity contribution in [1.29, 1.82) is 0 Å². The number of likely N-dealkylation sites (tertiary alicyclic amines) is 1. The summed E-state index contributed by atoms with van der Waals surface area (Å²) in [4.78, 5) is 2.50. The van der Waals surface area contributed by atoms with Gasteiger partial charge in [-0.2, -0.15) is 0 Å². The summed E-state index contributed by atoms with van der Waals surface area (Å²) >= 11 is 0. The van der Waals surface area contributed by atoms with Crippen LogP contribution in [0.1, 0.15) is 38.2 Å². The molecule has 3 nitrogen and oxygen atoms in total. The van der Waals surface area contributed by atoms with Crippen LogP contribution in [0.3, 0.4) is 0 Å². The number of aromatic hydroxyl groups is 2. The number of phenols is 2.